The molecule has 0 aliphatic carbocycles. The molecule has 0 aliphatic rings. The number of nitrogens with zero attached hydrogens (tertiary/aromatic N) is 1. The van der Waals surface area contributed by atoms with Gasteiger partial charge in [0, 0.05) is 31.9 Å². The van der Waals surface area contributed by atoms with E-state index in [0.717, 1.165) is 15.4 Å². The molecule has 7 aromatic carbocycles. The van der Waals surface area contributed by atoms with Gasteiger partial charge in [0.05, 0.1) is 20.8 Å². The van der Waals surface area contributed by atoms with Gasteiger partial charge in [0.25, 0.3) is 0 Å². The SMILES string of the molecule is Clc1cccc2c1sc1cc(-c3cccc(-n4c5ccccc5c5cc6ccccc6cc54)c3)c3ccccc3c12. The Bertz CT molecular complexity index is 2500. The zero-order valence-electron chi connectivity index (χ0n) is 21.9. The largest absolute Gasteiger partial charge is 0.309 e. The summed E-state index contributed by atoms with van der Waals surface area (Å²) in [6, 6.07) is 48.4. The Morgan fingerprint density at radius 2 is 1.22 bits per heavy atom. The van der Waals surface area contributed by atoms with Crippen LogP contribution in [0.4, 0.5) is 0 Å². The van der Waals surface area contributed by atoms with E-state index in [-0.39, 0.29) is 0 Å². The third-order valence-electron chi connectivity index (χ3n) is 8.41. The Morgan fingerprint density at radius 1 is 0.512 bits per heavy atom. The first-order valence-electron chi connectivity index (χ1n) is 13.8. The van der Waals surface area contributed by atoms with Crippen molar-refractivity contribution in [3.05, 3.63) is 138 Å². The molecule has 0 atom stereocenters. The van der Waals surface area contributed by atoms with E-state index in [0.29, 0.717) is 0 Å². The molecular weight excluding hydrogens is 538 g/mol. The van der Waals surface area contributed by atoms with Gasteiger partial charge in [-0.2, -0.15) is 0 Å². The van der Waals surface area contributed by atoms with Crippen molar-refractivity contribution in [2.75, 3.05) is 0 Å². The molecule has 0 unspecified atom stereocenters. The second kappa shape index (κ2) is 8.68. The maximum absolute atomic E-state index is 6.65. The van der Waals surface area contributed by atoms with Gasteiger partial charge in [0.1, 0.15) is 0 Å². The van der Waals surface area contributed by atoms with Gasteiger partial charge >= 0.3 is 0 Å². The molecular formula is C38H22ClNS. The molecule has 0 aliphatic heterocycles. The molecule has 9 rings (SSSR count). The van der Waals surface area contributed by atoms with Crippen molar-refractivity contribution in [2.24, 2.45) is 0 Å². The second-order valence-corrected chi connectivity index (χ2v) is 12.1. The lowest BCUT2D eigenvalue weighted by Crippen LogP contribution is -1.94. The van der Waals surface area contributed by atoms with E-state index < -0.39 is 0 Å². The molecule has 3 heteroatoms. The van der Waals surface area contributed by atoms with Gasteiger partial charge in [-0.1, -0.05) is 103 Å². The summed E-state index contributed by atoms with van der Waals surface area (Å²) in [7, 11) is 0. The van der Waals surface area contributed by atoms with Crippen LogP contribution in [-0.2, 0) is 0 Å². The number of hydrogen-bond donors (Lipinski definition) is 0. The van der Waals surface area contributed by atoms with Gasteiger partial charge in [-0.05, 0) is 75.1 Å². The van der Waals surface area contributed by atoms with E-state index >= 15 is 0 Å². The molecule has 0 N–H and O–H groups in total. The van der Waals surface area contributed by atoms with E-state index in [9.17, 15) is 0 Å². The fraction of sp³-hybridized carbons (Fsp3) is 0. The van der Waals surface area contributed by atoms with Crippen LogP contribution >= 0.6 is 22.9 Å². The van der Waals surface area contributed by atoms with Gasteiger partial charge < -0.3 is 4.57 Å². The number of hydrogen-bond acceptors (Lipinski definition) is 1. The number of aromatic nitrogens is 1. The summed E-state index contributed by atoms with van der Waals surface area (Å²) >= 11 is 8.44. The normalized spacial score (nSPS) is 12.0. The molecule has 9 aromatic rings. The lowest BCUT2D eigenvalue weighted by atomic mass is 9.95. The Labute approximate surface area is 245 Å². The molecule has 1 nitrogen and oxygen atoms in total. The number of fused-ring (bicyclic) bond motifs is 9. The van der Waals surface area contributed by atoms with Crippen molar-refractivity contribution in [3.8, 4) is 16.8 Å². The quantitative estimate of drug-likeness (QED) is 0.198. The summed E-state index contributed by atoms with van der Waals surface area (Å²) in [4.78, 5) is 0. The predicted octanol–water partition coefficient (Wildman–Crippen LogP) is 11.8. The fourth-order valence-corrected chi connectivity index (χ4v) is 8.07. The van der Waals surface area contributed by atoms with Crippen LogP contribution in [0.25, 0.3) is 80.3 Å². The third-order valence-corrected chi connectivity index (χ3v) is 10.0. The van der Waals surface area contributed by atoms with Crippen LogP contribution in [-0.4, -0.2) is 4.57 Å². The highest BCUT2D eigenvalue weighted by molar-refractivity contribution is 7.26. The first-order valence-corrected chi connectivity index (χ1v) is 15.0. The molecule has 0 amide bonds. The molecule has 0 fully saturated rings. The molecule has 2 heterocycles. The predicted molar refractivity (Wildman–Crippen MR) is 179 cm³/mol. The Balaban J connectivity index is 1.34. The summed E-state index contributed by atoms with van der Waals surface area (Å²) in [6.45, 7) is 0. The van der Waals surface area contributed by atoms with Gasteiger partial charge in [-0.25, -0.2) is 0 Å². The van der Waals surface area contributed by atoms with Crippen molar-refractivity contribution >= 4 is 86.5 Å². The second-order valence-electron chi connectivity index (χ2n) is 10.7. The van der Waals surface area contributed by atoms with E-state index in [1.807, 2.05) is 6.07 Å². The molecule has 0 bridgehead atoms. The minimum Gasteiger partial charge on any atom is -0.309 e. The third kappa shape index (κ3) is 3.35. The molecule has 0 spiro atoms. The standard InChI is InChI=1S/C38H22ClNS/c39-33-17-8-16-30-37-29-15-4-3-13-27(29)31(22-36(37)41-38(30)33)25-11-7-12-26(19-25)40-34-18-6-5-14-28(34)32-20-23-9-1-2-10-24(23)21-35(32)40/h1-22H. The molecule has 41 heavy (non-hydrogen) atoms. The van der Waals surface area contributed by atoms with Crippen molar-refractivity contribution in [1.29, 1.82) is 0 Å². The van der Waals surface area contributed by atoms with E-state index in [4.69, 9.17) is 11.6 Å². The number of para-hydroxylation sites is 1. The van der Waals surface area contributed by atoms with Crippen molar-refractivity contribution < 1.29 is 0 Å². The number of thiophene rings is 1. The van der Waals surface area contributed by atoms with Crippen LogP contribution in [0.15, 0.2) is 133 Å². The molecule has 2 aromatic heterocycles. The van der Waals surface area contributed by atoms with E-state index in [2.05, 4.69) is 132 Å². The van der Waals surface area contributed by atoms with Crippen LogP contribution < -0.4 is 0 Å². The Morgan fingerprint density at radius 3 is 2.10 bits per heavy atom. The summed E-state index contributed by atoms with van der Waals surface area (Å²) in [5.74, 6) is 0. The number of benzene rings is 7. The van der Waals surface area contributed by atoms with Crippen LogP contribution in [0, 0.1) is 0 Å². The Kier molecular flexibility index (Phi) is 4.89. The monoisotopic (exact) mass is 559 g/mol. The van der Waals surface area contributed by atoms with Crippen molar-refractivity contribution in [2.45, 2.75) is 0 Å². The molecule has 192 valence electrons. The fourth-order valence-electron chi connectivity index (χ4n) is 6.61. The number of rotatable bonds is 2. The van der Waals surface area contributed by atoms with Crippen LogP contribution in [0.3, 0.4) is 0 Å². The van der Waals surface area contributed by atoms with Gasteiger partial charge in [0.15, 0.2) is 0 Å². The lowest BCUT2D eigenvalue weighted by molar-refractivity contribution is 1.18. The van der Waals surface area contributed by atoms with Crippen LogP contribution in [0.1, 0.15) is 0 Å². The highest BCUT2D eigenvalue weighted by Gasteiger charge is 2.17. The molecule has 0 saturated carbocycles. The average Bonchev–Trinajstić information content (AvgIpc) is 3.56. The minimum atomic E-state index is 0.815. The van der Waals surface area contributed by atoms with Gasteiger partial charge in [-0.3, -0.25) is 0 Å². The number of halogens is 1. The maximum atomic E-state index is 6.65. The summed E-state index contributed by atoms with van der Waals surface area (Å²) in [5.41, 5.74) is 6.04. The van der Waals surface area contributed by atoms with E-state index in [1.165, 1.54) is 70.0 Å². The first kappa shape index (κ1) is 23.1. The van der Waals surface area contributed by atoms with Crippen molar-refractivity contribution in [1.82, 2.24) is 4.57 Å². The Hall–Kier alpha value is -4.63. The first-order chi connectivity index (χ1) is 20.2. The average molecular weight is 560 g/mol. The minimum absolute atomic E-state index is 0.815. The van der Waals surface area contributed by atoms with Crippen LogP contribution in [0.5, 0.6) is 0 Å². The zero-order valence-corrected chi connectivity index (χ0v) is 23.5. The summed E-state index contributed by atoms with van der Waals surface area (Å²) in [6.07, 6.45) is 0. The van der Waals surface area contributed by atoms with Gasteiger partial charge in [-0.15, -0.1) is 11.3 Å². The highest BCUT2D eigenvalue weighted by atomic mass is 35.5. The summed E-state index contributed by atoms with van der Waals surface area (Å²) < 4.78 is 4.83. The van der Waals surface area contributed by atoms with Crippen LogP contribution in [0.2, 0.25) is 5.02 Å². The van der Waals surface area contributed by atoms with Gasteiger partial charge in [0.2, 0.25) is 0 Å². The molecule has 0 saturated heterocycles. The van der Waals surface area contributed by atoms with E-state index in [1.54, 1.807) is 11.3 Å². The zero-order chi connectivity index (χ0) is 27.1. The smallest absolute Gasteiger partial charge is 0.0584 e. The topological polar surface area (TPSA) is 4.93 Å². The van der Waals surface area contributed by atoms with Crippen molar-refractivity contribution in [3.63, 3.8) is 0 Å². The molecule has 0 radical (unpaired) electrons. The summed E-state index contributed by atoms with van der Waals surface area (Å²) in [5, 5.41) is 10.9. The highest BCUT2D eigenvalue weighted by Crippen LogP contribution is 2.45. The lowest BCUT2D eigenvalue weighted by Gasteiger charge is -2.13. The maximum Gasteiger partial charge on any atom is 0.0584 e.